The maximum atomic E-state index is 5.69. The van der Waals surface area contributed by atoms with Gasteiger partial charge in [0.25, 0.3) is 0 Å². The van der Waals surface area contributed by atoms with Gasteiger partial charge in [0.1, 0.15) is 11.6 Å². The normalized spacial score (nSPS) is 10.8. The third-order valence-electron chi connectivity index (χ3n) is 2.33. The Balaban J connectivity index is 2.84. The van der Waals surface area contributed by atoms with Gasteiger partial charge in [0.15, 0.2) is 0 Å². The third kappa shape index (κ3) is 6.22. The van der Waals surface area contributed by atoms with Crippen LogP contribution in [0.15, 0.2) is 18.7 Å². The van der Waals surface area contributed by atoms with Crippen molar-refractivity contribution in [3.8, 4) is 5.88 Å². The van der Waals surface area contributed by atoms with Gasteiger partial charge in [-0.2, -0.15) is 4.98 Å². The van der Waals surface area contributed by atoms with Gasteiger partial charge in [0, 0.05) is 19.0 Å². The molecular formula is C15H25N3O. The van der Waals surface area contributed by atoms with Crippen molar-refractivity contribution >= 4 is 5.82 Å². The van der Waals surface area contributed by atoms with E-state index in [-0.39, 0.29) is 0 Å². The highest BCUT2D eigenvalue weighted by atomic mass is 16.5. The summed E-state index contributed by atoms with van der Waals surface area (Å²) < 4.78 is 5.69. The van der Waals surface area contributed by atoms with Crippen LogP contribution in [-0.4, -0.2) is 23.1 Å². The van der Waals surface area contributed by atoms with E-state index in [2.05, 4.69) is 49.6 Å². The van der Waals surface area contributed by atoms with Gasteiger partial charge in [-0.3, -0.25) is 0 Å². The molecule has 0 saturated heterocycles. The highest BCUT2D eigenvalue weighted by Gasteiger charge is 2.08. The maximum Gasteiger partial charge on any atom is 0.218 e. The van der Waals surface area contributed by atoms with E-state index in [0.717, 1.165) is 18.1 Å². The zero-order valence-corrected chi connectivity index (χ0v) is 12.4. The summed E-state index contributed by atoms with van der Waals surface area (Å²) >= 11 is 0. The van der Waals surface area contributed by atoms with Gasteiger partial charge < -0.3 is 10.1 Å². The standard InChI is InChI=1S/C15H25N3O/c1-6-7-16-13-9-15(19-10-12(4)5)18-14(17-13)8-11(2)3/h6,9,11-12H,1,7-8,10H2,2-5H3,(H,16,17,18). The molecule has 0 aromatic carbocycles. The Kier molecular flexibility index (Phi) is 6.33. The molecule has 0 unspecified atom stereocenters. The number of hydrogen-bond acceptors (Lipinski definition) is 4. The summed E-state index contributed by atoms with van der Waals surface area (Å²) in [7, 11) is 0. The first-order valence-corrected chi connectivity index (χ1v) is 6.86. The van der Waals surface area contributed by atoms with Gasteiger partial charge in [0.2, 0.25) is 5.88 Å². The molecule has 1 aromatic heterocycles. The highest BCUT2D eigenvalue weighted by molar-refractivity contribution is 5.39. The summed E-state index contributed by atoms with van der Waals surface area (Å²) in [5, 5.41) is 3.19. The van der Waals surface area contributed by atoms with E-state index >= 15 is 0 Å². The molecule has 1 N–H and O–H groups in total. The lowest BCUT2D eigenvalue weighted by atomic mass is 10.1. The summed E-state index contributed by atoms with van der Waals surface area (Å²) in [6.45, 7) is 13.6. The molecule has 106 valence electrons. The fourth-order valence-corrected chi connectivity index (χ4v) is 1.52. The molecule has 19 heavy (non-hydrogen) atoms. The van der Waals surface area contributed by atoms with Gasteiger partial charge in [-0.1, -0.05) is 33.8 Å². The Bertz CT molecular complexity index is 402. The summed E-state index contributed by atoms with van der Waals surface area (Å²) in [4.78, 5) is 8.94. The van der Waals surface area contributed by atoms with E-state index in [0.29, 0.717) is 30.9 Å². The van der Waals surface area contributed by atoms with Crippen LogP contribution in [0.4, 0.5) is 5.82 Å². The van der Waals surface area contributed by atoms with E-state index in [1.54, 1.807) is 6.08 Å². The quantitative estimate of drug-likeness (QED) is 0.731. The molecule has 4 heteroatoms. The monoisotopic (exact) mass is 263 g/mol. The number of nitrogens with one attached hydrogen (secondary N) is 1. The average molecular weight is 263 g/mol. The Labute approximate surface area is 116 Å². The molecular weight excluding hydrogens is 238 g/mol. The minimum absolute atomic E-state index is 0.480. The van der Waals surface area contributed by atoms with E-state index in [9.17, 15) is 0 Å². The fourth-order valence-electron chi connectivity index (χ4n) is 1.52. The average Bonchev–Trinajstić information content (AvgIpc) is 2.33. The van der Waals surface area contributed by atoms with Crippen molar-refractivity contribution in [2.24, 2.45) is 11.8 Å². The van der Waals surface area contributed by atoms with Crippen molar-refractivity contribution in [2.75, 3.05) is 18.5 Å². The topological polar surface area (TPSA) is 47.0 Å². The first-order chi connectivity index (χ1) is 9.01. The summed E-state index contributed by atoms with van der Waals surface area (Å²) in [6, 6.07) is 1.84. The second-order valence-corrected chi connectivity index (χ2v) is 5.48. The van der Waals surface area contributed by atoms with Crippen LogP contribution in [0.2, 0.25) is 0 Å². The molecule has 1 heterocycles. The molecule has 1 aromatic rings. The van der Waals surface area contributed by atoms with Crippen molar-refractivity contribution < 1.29 is 4.74 Å². The molecule has 0 amide bonds. The van der Waals surface area contributed by atoms with Crippen molar-refractivity contribution in [1.82, 2.24) is 9.97 Å². The van der Waals surface area contributed by atoms with Gasteiger partial charge in [-0.25, -0.2) is 4.98 Å². The number of aromatic nitrogens is 2. The van der Waals surface area contributed by atoms with E-state index < -0.39 is 0 Å². The van der Waals surface area contributed by atoms with Crippen molar-refractivity contribution in [3.63, 3.8) is 0 Å². The molecule has 0 spiro atoms. The van der Waals surface area contributed by atoms with E-state index in [1.165, 1.54) is 0 Å². The van der Waals surface area contributed by atoms with Crippen LogP contribution < -0.4 is 10.1 Å². The Hall–Kier alpha value is -1.58. The van der Waals surface area contributed by atoms with Gasteiger partial charge in [-0.15, -0.1) is 6.58 Å². The van der Waals surface area contributed by atoms with Crippen molar-refractivity contribution in [1.29, 1.82) is 0 Å². The van der Waals surface area contributed by atoms with Crippen LogP contribution in [0.5, 0.6) is 5.88 Å². The van der Waals surface area contributed by atoms with Gasteiger partial charge in [0.05, 0.1) is 6.61 Å². The van der Waals surface area contributed by atoms with Crippen LogP contribution in [0, 0.1) is 11.8 Å². The van der Waals surface area contributed by atoms with Crippen molar-refractivity contribution in [2.45, 2.75) is 34.1 Å². The molecule has 0 saturated carbocycles. The lowest BCUT2D eigenvalue weighted by molar-refractivity contribution is 0.260. The van der Waals surface area contributed by atoms with Crippen LogP contribution in [0.25, 0.3) is 0 Å². The van der Waals surface area contributed by atoms with Crippen molar-refractivity contribution in [3.05, 3.63) is 24.5 Å². The van der Waals surface area contributed by atoms with Crippen LogP contribution >= 0.6 is 0 Å². The Morgan fingerprint density at radius 1 is 1.26 bits per heavy atom. The Morgan fingerprint density at radius 3 is 2.58 bits per heavy atom. The molecule has 0 aliphatic rings. The zero-order chi connectivity index (χ0) is 14.3. The first-order valence-electron chi connectivity index (χ1n) is 6.86. The fraction of sp³-hybridized carbons (Fsp3) is 0.600. The van der Waals surface area contributed by atoms with Crippen LogP contribution in [-0.2, 0) is 6.42 Å². The van der Waals surface area contributed by atoms with Gasteiger partial charge in [-0.05, 0) is 11.8 Å². The highest BCUT2D eigenvalue weighted by Crippen LogP contribution is 2.16. The molecule has 0 aliphatic carbocycles. The van der Waals surface area contributed by atoms with E-state index in [4.69, 9.17) is 4.74 Å². The van der Waals surface area contributed by atoms with Crippen LogP contribution in [0.1, 0.15) is 33.5 Å². The van der Waals surface area contributed by atoms with Crippen LogP contribution in [0.3, 0.4) is 0 Å². The molecule has 0 bridgehead atoms. The number of rotatable bonds is 8. The molecule has 1 rings (SSSR count). The molecule has 0 atom stereocenters. The summed E-state index contributed by atoms with van der Waals surface area (Å²) in [5.74, 6) is 3.26. The lowest BCUT2D eigenvalue weighted by Gasteiger charge is -2.12. The predicted molar refractivity (Wildman–Crippen MR) is 79.6 cm³/mol. The maximum absolute atomic E-state index is 5.69. The van der Waals surface area contributed by atoms with E-state index in [1.807, 2.05) is 6.07 Å². The number of hydrogen-bond donors (Lipinski definition) is 1. The summed E-state index contributed by atoms with van der Waals surface area (Å²) in [6.07, 6.45) is 2.65. The zero-order valence-electron chi connectivity index (χ0n) is 12.4. The predicted octanol–water partition coefficient (Wildman–Crippen LogP) is 3.31. The second-order valence-electron chi connectivity index (χ2n) is 5.48. The minimum atomic E-state index is 0.480. The van der Waals surface area contributed by atoms with Gasteiger partial charge >= 0.3 is 0 Å². The second kappa shape index (κ2) is 7.77. The molecule has 0 aliphatic heterocycles. The molecule has 4 nitrogen and oxygen atoms in total. The SMILES string of the molecule is C=CCNc1cc(OCC(C)C)nc(CC(C)C)n1. The number of anilines is 1. The smallest absolute Gasteiger partial charge is 0.218 e. The molecule has 0 radical (unpaired) electrons. The number of ether oxygens (including phenoxy) is 1. The first kappa shape index (κ1) is 15.5. The summed E-state index contributed by atoms with van der Waals surface area (Å²) in [5.41, 5.74) is 0. The largest absolute Gasteiger partial charge is 0.477 e. The molecule has 0 fully saturated rings. The Morgan fingerprint density at radius 2 is 2.00 bits per heavy atom. The minimum Gasteiger partial charge on any atom is -0.477 e. The lowest BCUT2D eigenvalue weighted by Crippen LogP contribution is -2.10. The third-order valence-corrected chi connectivity index (χ3v) is 2.33. The number of nitrogens with zero attached hydrogens (tertiary/aromatic N) is 2.